The lowest BCUT2D eigenvalue weighted by molar-refractivity contribution is -0.175. The van der Waals surface area contributed by atoms with E-state index in [9.17, 15) is 4.79 Å². The number of hydrogen-bond donors (Lipinski definition) is 0. The Hall–Kier alpha value is -2.91. The fourth-order valence-corrected chi connectivity index (χ4v) is 5.18. The number of carbonyl (C=O) groups excluding carboxylic acids is 1. The fraction of sp³-hybridized carbons (Fsp3) is 0.345. The first-order valence-electron chi connectivity index (χ1n) is 11.6. The van der Waals surface area contributed by atoms with Crippen molar-refractivity contribution in [1.29, 1.82) is 0 Å². The molecule has 0 spiro atoms. The molecule has 0 bridgehead atoms. The van der Waals surface area contributed by atoms with Gasteiger partial charge in [-0.15, -0.1) is 0 Å². The van der Waals surface area contributed by atoms with Crippen LogP contribution in [0.3, 0.4) is 0 Å². The molecule has 0 N–H and O–H groups in total. The molecule has 3 nitrogen and oxygen atoms in total. The molecule has 0 aromatic heterocycles. The quantitative estimate of drug-likeness (QED) is 0.433. The molecule has 166 valence electrons. The summed E-state index contributed by atoms with van der Waals surface area (Å²) in [6.45, 7) is 0.892. The van der Waals surface area contributed by atoms with E-state index in [1.54, 1.807) is 0 Å². The maximum atomic E-state index is 14.0. The van der Waals surface area contributed by atoms with Crippen LogP contribution in [0, 0.1) is 5.92 Å². The molecule has 1 saturated carbocycles. The zero-order valence-corrected chi connectivity index (χ0v) is 19.1. The SMILES string of the molecule is CN(C)CC1CCCCC1(OC(=O)C(c1ccccc1)c1ccccc1)c1ccccc1. The highest BCUT2D eigenvalue weighted by Crippen LogP contribution is 2.46. The highest BCUT2D eigenvalue weighted by atomic mass is 16.6. The Labute approximate surface area is 192 Å². The van der Waals surface area contributed by atoms with E-state index < -0.39 is 11.5 Å². The third-order valence-corrected chi connectivity index (χ3v) is 6.64. The van der Waals surface area contributed by atoms with Crippen LogP contribution in [-0.4, -0.2) is 31.5 Å². The predicted molar refractivity (Wildman–Crippen MR) is 129 cm³/mol. The lowest BCUT2D eigenvalue weighted by Crippen LogP contribution is -2.47. The van der Waals surface area contributed by atoms with E-state index in [0.717, 1.165) is 42.5 Å². The number of nitrogens with zero attached hydrogens (tertiary/aromatic N) is 1. The van der Waals surface area contributed by atoms with E-state index in [4.69, 9.17) is 4.74 Å². The van der Waals surface area contributed by atoms with E-state index in [-0.39, 0.29) is 11.9 Å². The van der Waals surface area contributed by atoms with Gasteiger partial charge in [0.2, 0.25) is 0 Å². The van der Waals surface area contributed by atoms with Gasteiger partial charge in [-0.25, -0.2) is 0 Å². The molecule has 0 saturated heterocycles. The highest BCUT2D eigenvalue weighted by molar-refractivity contribution is 5.82. The van der Waals surface area contributed by atoms with Crippen molar-refractivity contribution < 1.29 is 9.53 Å². The van der Waals surface area contributed by atoms with Crippen molar-refractivity contribution in [2.75, 3.05) is 20.6 Å². The monoisotopic (exact) mass is 427 g/mol. The summed E-state index contributed by atoms with van der Waals surface area (Å²) >= 11 is 0. The van der Waals surface area contributed by atoms with Crippen LogP contribution in [0.5, 0.6) is 0 Å². The number of ether oxygens (including phenoxy) is 1. The van der Waals surface area contributed by atoms with Crippen LogP contribution in [0.15, 0.2) is 91.0 Å². The van der Waals surface area contributed by atoms with Crippen LogP contribution < -0.4 is 0 Å². The second-order valence-electron chi connectivity index (χ2n) is 9.14. The zero-order chi connectivity index (χ0) is 22.4. The maximum absolute atomic E-state index is 14.0. The summed E-state index contributed by atoms with van der Waals surface area (Å²) < 4.78 is 6.68. The van der Waals surface area contributed by atoms with Gasteiger partial charge in [0.05, 0.1) is 0 Å². The smallest absolute Gasteiger partial charge is 0.318 e. The number of hydrogen-bond acceptors (Lipinski definition) is 3. The summed E-state index contributed by atoms with van der Waals surface area (Å²) in [7, 11) is 4.20. The average Bonchev–Trinajstić information content (AvgIpc) is 2.82. The van der Waals surface area contributed by atoms with Crippen molar-refractivity contribution in [2.24, 2.45) is 5.92 Å². The van der Waals surface area contributed by atoms with Crippen LogP contribution in [0.25, 0.3) is 0 Å². The van der Waals surface area contributed by atoms with Gasteiger partial charge in [-0.3, -0.25) is 4.79 Å². The summed E-state index contributed by atoms with van der Waals surface area (Å²) in [5.74, 6) is -0.360. The molecule has 3 aromatic rings. The van der Waals surface area contributed by atoms with Crippen LogP contribution >= 0.6 is 0 Å². The Morgan fingerprint density at radius 3 is 1.94 bits per heavy atom. The van der Waals surface area contributed by atoms with Gasteiger partial charge in [-0.1, -0.05) is 97.4 Å². The Kier molecular flexibility index (Phi) is 7.06. The van der Waals surface area contributed by atoms with Crippen molar-refractivity contribution in [1.82, 2.24) is 4.90 Å². The summed E-state index contributed by atoms with van der Waals surface area (Å²) in [4.78, 5) is 16.2. The molecule has 32 heavy (non-hydrogen) atoms. The summed E-state index contributed by atoms with van der Waals surface area (Å²) in [6, 6.07) is 30.4. The van der Waals surface area contributed by atoms with Crippen molar-refractivity contribution in [3.8, 4) is 0 Å². The molecule has 1 aliphatic carbocycles. The Balaban J connectivity index is 1.76. The third kappa shape index (κ3) is 4.78. The third-order valence-electron chi connectivity index (χ3n) is 6.64. The Morgan fingerprint density at radius 1 is 0.875 bits per heavy atom. The molecule has 0 aliphatic heterocycles. The van der Waals surface area contributed by atoms with Crippen LogP contribution in [-0.2, 0) is 15.1 Å². The molecule has 1 aliphatic rings. The van der Waals surface area contributed by atoms with Gasteiger partial charge < -0.3 is 9.64 Å². The van der Waals surface area contributed by atoms with Crippen molar-refractivity contribution in [3.05, 3.63) is 108 Å². The molecule has 3 heteroatoms. The van der Waals surface area contributed by atoms with Gasteiger partial charge in [-0.05, 0) is 50.0 Å². The molecular formula is C29H33NO2. The molecular weight excluding hydrogens is 394 g/mol. The summed E-state index contributed by atoms with van der Waals surface area (Å²) in [5.41, 5.74) is 2.43. The Morgan fingerprint density at radius 2 is 1.41 bits per heavy atom. The first-order valence-corrected chi connectivity index (χ1v) is 11.6. The van der Waals surface area contributed by atoms with Gasteiger partial charge in [0.1, 0.15) is 11.5 Å². The maximum Gasteiger partial charge on any atom is 0.318 e. The normalized spacial score (nSPS) is 20.9. The molecule has 2 unspecified atom stereocenters. The molecule has 1 fully saturated rings. The van der Waals surface area contributed by atoms with Gasteiger partial charge >= 0.3 is 5.97 Å². The molecule has 0 radical (unpaired) electrons. The van der Waals surface area contributed by atoms with Crippen molar-refractivity contribution in [3.63, 3.8) is 0 Å². The minimum absolute atomic E-state index is 0.170. The minimum Gasteiger partial charge on any atom is -0.453 e. The Bertz CT molecular complexity index is 948. The van der Waals surface area contributed by atoms with E-state index in [0.29, 0.717) is 0 Å². The van der Waals surface area contributed by atoms with Crippen LogP contribution in [0.4, 0.5) is 0 Å². The van der Waals surface area contributed by atoms with Gasteiger partial charge in [-0.2, -0.15) is 0 Å². The zero-order valence-electron chi connectivity index (χ0n) is 19.1. The number of esters is 1. The highest BCUT2D eigenvalue weighted by Gasteiger charge is 2.47. The summed E-state index contributed by atoms with van der Waals surface area (Å²) in [6.07, 6.45) is 4.15. The first-order chi connectivity index (χ1) is 15.6. The topological polar surface area (TPSA) is 29.5 Å². The second-order valence-corrected chi connectivity index (χ2v) is 9.14. The van der Waals surface area contributed by atoms with E-state index >= 15 is 0 Å². The lowest BCUT2D eigenvalue weighted by atomic mass is 9.70. The fourth-order valence-electron chi connectivity index (χ4n) is 5.18. The number of benzene rings is 3. The summed E-state index contributed by atoms with van der Waals surface area (Å²) in [5, 5.41) is 0. The lowest BCUT2D eigenvalue weighted by Gasteiger charge is -2.45. The van der Waals surface area contributed by atoms with Gasteiger partial charge in [0.25, 0.3) is 0 Å². The number of carbonyl (C=O) groups is 1. The largest absolute Gasteiger partial charge is 0.453 e. The van der Waals surface area contributed by atoms with E-state index in [1.165, 1.54) is 6.42 Å². The van der Waals surface area contributed by atoms with Crippen molar-refractivity contribution >= 4 is 5.97 Å². The molecule has 2 atom stereocenters. The molecule has 0 amide bonds. The standard InChI is InChI=1S/C29H33NO2/c1-30(2)22-26-20-12-13-21-29(26,25-18-10-5-11-19-25)32-28(31)27(23-14-6-3-7-15-23)24-16-8-4-9-17-24/h3-11,14-19,26-27H,12-13,20-22H2,1-2H3. The molecule has 3 aromatic carbocycles. The minimum atomic E-state index is -0.608. The van der Waals surface area contributed by atoms with Gasteiger partial charge in [0.15, 0.2) is 0 Å². The first kappa shape index (κ1) is 22.3. The van der Waals surface area contributed by atoms with E-state index in [1.807, 2.05) is 66.7 Å². The molecule has 4 rings (SSSR count). The second kappa shape index (κ2) is 10.1. The van der Waals surface area contributed by atoms with Crippen LogP contribution in [0.2, 0.25) is 0 Å². The van der Waals surface area contributed by atoms with E-state index in [2.05, 4.69) is 43.3 Å². The van der Waals surface area contributed by atoms with Crippen molar-refractivity contribution in [2.45, 2.75) is 37.2 Å². The van der Waals surface area contributed by atoms with Crippen LogP contribution in [0.1, 0.15) is 48.3 Å². The average molecular weight is 428 g/mol. The number of rotatable bonds is 7. The molecule has 0 heterocycles. The predicted octanol–water partition coefficient (Wildman–Crippen LogP) is 6.01. The van der Waals surface area contributed by atoms with Gasteiger partial charge in [0, 0.05) is 12.5 Å².